The van der Waals surface area contributed by atoms with Crippen LogP contribution in [0.4, 0.5) is 0 Å². The van der Waals surface area contributed by atoms with Crippen molar-refractivity contribution in [3.05, 3.63) is 0 Å². The molecule has 1 N–H and O–H groups in total. The summed E-state index contributed by atoms with van der Waals surface area (Å²) in [7, 11) is 0. The fraction of sp³-hybridized carbons (Fsp3) is 1.00. The van der Waals surface area contributed by atoms with E-state index in [1.807, 2.05) is 0 Å². The molecule has 3 saturated heterocycles. The number of rotatable bonds is 2. The number of hydrogen-bond donors (Lipinski definition) is 1. The lowest BCUT2D eigenvalue weighted by atomic mass is 9.80. The maximum Gasteiger partial charge on any atom is 0.0471 e. The minimum atomic E-state index is 0. The van der Waals surface area contributed by atoms with Gasteiger partial charge in [0, 0.05) is 26.3 Å². The lowest BCUT2D eigenvalue weighted by Gasteiger charge is -2.34. The third kappa shape index (κ3) is 3.38. The van der Waals surface area contributed by atoms with Gasteiger partial charge in [0.05, 0.1) is 0 Å². The SMILES string of the molecule is C1CNCC(CN2CCC3(CCOCC3)C2)C1.Cl. The van der Waals surface area contributed by atoms with Crippen molar-refractivity contribution in [3.8, 4) is 0 Å². The summed E-state index contributed by atoms with van der Waals surface area (Å²) in [6.07, 6.45) is 6.81. The van der Waals surface area contributed by atoms with Gasteiger partial charge in [-0.15, -0.1) is 12.4 Å². The first kappa shape index (κ1) is 14.6. The van der Waals surface area contributed by atoms with Crippen LogP contribution in [0.2, 0.25) is 0 Å². The molecule has 0 radical (unpaired) electrons. The molecule has 0 aliphatic carbocycles. The summed E-state index contributed by atoms with van der Waals surface area (Å²) in [5.41, 5.74) is 0.625. The Labute approximate surface area is 117 Å². The monoisotopic (exact) mass is 274 g/mol. The topological polar surface area (TPSA) is 24.5 Å². The van der Waals surface area contributed by atoms with E-state index in [1.54, 1.807) is 0 Å². The van der Waals surface area contributed by atoms with Crippen molar-refractivity contribution < 1.29 is 4.74 Å². The minimum absolute atomic E-state index is 0. The molecule has 3 rings (SSSR count). The summed E-state index contributed by atoms with van der Waals surface area (Å²) < 4.78 is 5.51. The maximum atomic E-state index is 5.51. The second-order valence-electron chi connectivity index (χ2n) is 6.31. The van der Waals surface area contributed by atoms with Crippen molar-refractivity contribution in [1.82, 2.24) is 10.2 Å². The first-order valence-electron chi connectivity index (χ1n) is 7.37. The third-order valence-corrected chi connectivity index (χ3v) is 4.99. The average Bonchev–Trinajstić information content (AvgIpc) is 2.74. The van der Waals surface area contributed by atoms with Gasteiger partial charge in [0.1, 0.15) is 0 Å². The van der Waals surface area contributed by atoms with E-state index < -0.39 is 0 Å². The van der Waals surface area contributed by atoms with Crippen molar-refractivity contribution in [2.75, 3.05) is 45.9 Å². The summed E-state index contributed by atoms with van der Waals surface area (Å²) >= 11 is 0. The van der Waals surface area contributed by atoms with Gasteiger partial charge in [-0.05, 0) is 63.1 Å². The number of nitrogens with one attached hydrogen (secondary N) is 1. The summed E-state index contributed by atoms with van der Waals surface area (Å²) in [5.74, 6) is 0.902. The van der Waals surface area contributed by atoms with Crippen molar-refractivity contribution in [1.29, 1.82) is 0 Å². The fourth-order valence-electron chi connectivity index (χ4n) is 3.84. The molecule has 1 spiro atoms. The van der Waals surface area contributed by atoms with Crippen molar-refractivity contribution in [3.63, 3.8) is 0 Å². The van der Waals surface area contributed by atoms with E-state index in [0.717, 1.165) is 19.1 Å². The average molecular weight is 275 g/mol. The molecule has 0 aromatic heterocycles. The van der Waals surface area contributed by atoms with Crippen LogP contribution in [-0.2, 0) is 4.74 Å². The van der Waals surface area contributed by atoms with Crippen molar-refractivity contribution in [2.24, 2.45) is 11.3 Å². The molecule has 106 valence electrons. The van der Waals surface area contributed by atoms with Gasteiger partial charge in [0.2, 0.25) is 0 Å². The highest BCUT2D eigenvalue weighted by Crippen LogP contribution is 2.39. The van der Waals surface area contributed by atoms with Crippen LogP contribution in [0.15, 0.2) is 0 Å². The molecule has 3 fully saturated rings. The molecule has 0 aromatic rings. The summed E-state index contributed by atoms with van der Waals surface area (Å²) in [6.45, 7) is 8.47. The molecule has 3 heterocycles. The van der Waals surface area contributed by atoms with Gasteiger partial charge in [0.15, 0.2) is 0 Å². The van der Waals surface area contributed by atoms with Gasteiger partial charge in [0.25, 0.3) is 0 Å². The van der Waals surface area contributed by atoms with Gasteiger partial charge >= 0.3 is 0 Å². The summed E-state index contributed by atoms with van der Waals surface area (Å²) in [5, 5.41) is 3.53. The van der Waals surface area contributed by atoms with E-state index in [4.69, 9.17) is 4.74 Å². The zero-order valence-electron chi connectivity index (χ0n) is 11.3. The molecule has 18 heavy (non-hydrogen) atoms. The lowest BCUT2D eigenvalue weighted by Crippen LogP contribution is -2.39. The Morgan fingerprint density at radius 2 is 2.06 bits per heavy atom. The number of nitrogens with zero attached hydrogens (tertiary/aromatic N) is 1. The van der Waals surface area contributed by atoms with Gasteiger partial charge in [-0.3, -0.25) is 0 Å². The Balaban J connectivity index is 0.00000120. The van der Waals surface area contributed by atoms with Crippen molar-refractivity contribution in [2.45, 2.75) is 32.1 Å². The van der Waals surface area contributed by atoms with Crippen LogP contribution in [0.1, 0.15) is 32.1 Å². The normalized spacial score (nSPS) is 32.3. The molecule has 1 unspecified atom stereocenters. The van der Waals surface area contributed by atoms with Crippen molar-refractivity contribution >= 4 is 12.4 Å². The molecule has 3 aliphatic rings. The van der Waals surface area contributed by atoms with E-state index in [1.165, 1.54) is 64.8 Å². The van der Waals surface area contributed by atoms with Gasteiger partial charge in [-0.2, -0.15) is 0 Å². The Hall–Kier alpha value is 0.170. The zero-order chi connectivity index (χ0) is 11.6. The fourth-order valence-corrected chi connectivity index (χ4v) is 3.84. The third-order valence-electron chi connectivity index (χ3n) is 4.99. The standard InChI is InChI=1S/C14H26N2O.ClH/c1-2-13(10-15-6-1)11-16-7-3-14(12-16)4-8-17-9-5-14;/h13,15H,1-12H2;1H. The first-order chi connectivity index (χ1) is 8.36. The highest BCUT2D eigenvalue weighted by atomic mass is 35.5. The smallest absolute Gasteiger partial charge is 0.0471 e. The van der Waals surface area contributed by atoms with Crippen LogP contribution in [0, 0.1) is 11.3 Å². The summed E-state index contributed by atoms with van der Waals surface area (Å²) in [6, 6.07) is 0. The number of halogens is 1. The number of ether oxygens (including phenoxy) is 1. The predicted octanol–water partition coefficient (Wildman–Crippen LogP) is 1.91. The molecule has 3 nitrogen and oxygen atoms in total. The molecular weight excluding hydrogens is 248 g/mol. The van der Waals surface area contributed by atoms with Crippen LogP contribution in [0.25, 0.3) is 0 Å². The zero-order valence-corrected chi connectivity index (χ0v) is 12.1. The Kier molecular flexibility index (Phi) is 5.31. The molecule has 0 saturated carbocycles. The predicted molar refractivity (Wildman–Crippen MR) is 76.4 cm³/mol. The highest BCUT2D eigenvalue weighted by Gasteiger charge is 2.39. The van der Waals surface area contributed by atoms with Crippen LogP contribution >= 0.6 is 12.4 Å². The van der Waals surface area contributed by atoms with Crippen LogP contribution < -0.4 is 5.32 Å². The number of hydrogen-bond acceptors (Lipinski definition) is 3. The van der Waals surface area contributed by atoms with E-state index in [2.05, 4.69) is 10.2 Å². The molecule has 0 bridgehead atoms. The van der Waals surface area contributed by atoms with Crippen LogP contribution in [0.3, 0.4) is 0 Å². The second kappa shape index (κ2) is 6.56. The van der Waals surface area contributed by atoms with E-state index in [9.17, 15) is 0 Å². The minimum Gasteiger partial charge on any atom is -0.381 e. The molecule has 3 aliphatic heterocycles. The lowest BCUT2D eigenvalue weighted by molar-refractivity contribution is 0.0185. The second-order valence-corrected chi connectivity index (χ2v) is 6.31. The quantitative estimate of drug-likeness (QED) is 0.833. The Morgan fingerprint density at radius 3 is 2.78 bits per heavy atom. The number of likely N-dealkylation sites (tertiary alicyclic amines) is 1. The van der Waals surface area contributed by atoms with Gasteiger partial charge < -0.3 is 15.0 Å². The largest absolute Gasteiger partial charge is 0.381 e. The maximum absolute atomic E-state index is 5.51. The molecule has 1 atom stereocenters. The van der Waals surface area contributed by atoms with Gasteiger partial charge in [-0.1, -0.05) is 0 Å². The van der Waals surface area contributed by atoms with E-state index >= 15 is 0 Å². The first-order valence-corrected chi connectivity index (χ1v) is 7.37. The molecular formula is C14H27ClN2O. The van der Waals surface area contributed by atoms with E-state index in [-0.39, 0.29) is 12.4 Å². The Bertz CT molecular complexity index is 250. The molecule has 0 amide bonds. The Morgan fingerprint density at radius 1 is 1.22 bits per heavy atom. The van der Waals surface area contributed by atoms with Crippen LogP contribution in [0.5, 0.6) is 0 Å². The highest BCUT2D eigenvalue weighted by molar-refractivity contribution is 5.85. The number of piperidine rings is 1. The molecule has 0 aromatic carbocycles. The van der Waals surface area contributed by atoms with Crippen LogP contribution in [-0.4, -0.2) is 50.8 Å². The molecule has 4 heteroatoms. The van der Waals surface area contributed by atoms with E-state index in [0.29, 0.717) is 5.41 Å². The summed E-state index contributed by atoms with van der Waals surface area (Å²) in [4.78, 5) is 2.73. The van der Waals surface area contributed by atoms with Gasteiger partial charge in [-0.25, -0.2) is 0 Å².